The first-order valence-electron chi connectivity index (χ1n) is 13.1. The van der Waals surface area contributed by atoms with Crippen molar-refractivity contribution in [1.29, 1.82) is 0 Å². The fourth-order valence-corrected chi connectivity index (χ4v) is 7.69. The van der Waals surface area contributed by atoms with E-state index in [1.54, 1.807) is 30.2 Å². The van der Waals surface area contributed by atoms with Gasteiger partial charge in [0.05, 0.1) is 27.9 Å². The summed E-state index contributed by atoms with van der Waals surface area (Å²) in [6.07, 6.45) is 7.27. The molecule has 4 aliphatic rings. The number of carbonyl (C=O) groups is 1. The standard InChI is InChI=1S/C30H31N3O4S/c1-3-14-33-15-13-29-26-20-8-9-23(34)27(26)37-28(29)22(11-12-30(29,36)24(33)17-20)32(2)25(35)10-7-19-5-4-6-21(16-19)31-18-38/h3-10,16,22,24,28,34,36H,1,11-15,17H2,2H3/t22-,24-,28+,29+,30-/m1/s1. The normalized spacial score (nSPS) is 30.7. The third-order valence-electron chi connectivity index (χ3n) is 9.21. The lowest BCUT2D eigenvalue weighted by molar-refractivity contribution is -0.198. The van der Waals surface area contributed by atoms with E-state index in [0.717, 1.165) is 23.2 Å². The predicted molar refractivity (Wildman–Crippen MR) is 149 cm³/mol. The van der Waals surface area contributed by atoms with Gasteiger partial charge in [-0.3, -0.25) is 9.69 Å². The zero-order valence-electron chi connectivity index (χ0n) is 21.3. The highest BCUT2D eigenvalue weighted by Gasteiger charge is 2.73. The van der Waals surface area contributed by atoms with Crippen molar-refractivity contribution < 1.29 is 19.7 Å². The fraction of sp³-hybridized carbons (Fsp3) is 0.400. The van der Waals surface area contributed by atoms with Gasteiger partial charge in [-0.15, -0.1) is 6.58 Å². The Morgan fingerprint density at radius 2 is 2.21 bits per heavy atom. The Kier molecular flexibility index (Phi) is 6.04. The minimum atomic E-state index is -1.02. The van der Waals surface area contributed by atoms with Crippen LogP contribution in [-0.4, -0.2) is 75.0 Å². The van der Waals surface area contributed by atoms with Crippen LogP contribution >= 0.6 is 12.2 Å². The molecule has 1 amide bonds. The summed E-state index contributed by atoms with van der Waals surface area (Å²) >= 11 is 4.69. The molecule has 2 heterocycles. The number of piperidine rings is 1. The third-order valence-corrected chi connectivity index (χ3v) is 9.31. The van der Waals surface area contributed by atoms with Crippen molar-refractivity contribution in [2.45, 2.75) is 54.9 Å². The number of amides is 1. The van der Waals surface area contributed by atoms with Gasteiger partial charge in [0.2, 0.25) is 5.91 Å². The second kappa shape index (κ2) is 9.17. The van der Waals surface area contributed by atoms with Crippen LogP contribution < -0.4 is 4.74 Å². The van der Waals surface area contributed by atoms with Gasteiger partial charge in [-0.1, -0.05) is 24.3 Å². The van der Waals surface area contributed by atoms with E-state index in [2.05, 4.69) is 21.6 Å². The van der Waals surface area contributed by atoms with Crippen LogP contribution in [0.1, 0.15) is 36.0 Å². The quantitative estimate of drug-likeness (QED) is 0.255. The first-order valence-corrected chi connectivity index (χ1v) is 13.5. The molecule has 2 bridgehead atoms. The van der Waals surface area contributed by atoms with Crippen LogP contribution in [0, 0.1) is 0 Å². The second-order valence-electron chi connectivity index (χ2n) is 10.8. The topological polar surface area (TPSA) is 85.6 Å². The third kappa shape index (κ3) is 3.45. The van der Waals surface area contributed by atoms with Gasteiger partial charge in [-0.2, -0.15) is 4.99 Å². The monoisotopic (exact) mass is 529 g/mol. The zero-order chi connectivity index (χ0) is 26.7. The van der Waals surface area contributed by atoms with Gasteiger partial charge in [0.1, 0.15) is 6.10 Å². The Balaban J connectivity index is 1.35. The molecule has 196 valence electrons. The van der Waals surface area contributed by atoms with E-state index in [-0.39, 0.29) is 23.7 Å². The average Bonchev–Trinajstić information content (AvgIpc) is 3.26. The number of benzene rings is 2. The van der Waals surface area contributed by atoms with E-state index in [9.17, 15) is 15.0 Å². The molecule has 2 N–H and O–H groups in total. The van der Waals surface area contributed by atoms with Crippen molar-refractivity contribution in [3.63, 3.8) is 0 Å². The number of phenolic OH excluding ortho intramolecular Hbond substituents is 1. The van der Waals surface area contributed by atoms with Gasteiger partial charge in [-0.05, 0) is 79.8 Å². The number of likely N-dealkylation sites (N-methyl/N-ethyl adjacent to an activating group) is 1. The van der Waals surface area contributed by atoms with Crippen molar-refractivity contribution in [1.82, 2.24) is 9.80 Å². The Labute approximate surface area is 227 Å². The molecular weight excluding hydrogens is 498 g/mol. The summed E-state index contributed by atoms with van der Waals surface area (Å²) < 4.78 is 6.56. The van der Waals surface area contributed by atoms with E-state index in [1.165, 1.54) is 0 Å². The average molecular weight is 530 g/mol. The lowest BCUT2D eigenvalue weighted by Gasteiger charge is -2.64. The summed E-state index contributed by atoms with van der Waals surface area (Å²) in [6.45, 7) is 5.43. The maximum Gasteiger partial charge on any atom is 0.246 e. The van der Waals surface area contributed by atoms with Crippen LogP contribution in [0.3, 0.4) is 0 Å². The van der Waals surface area contributed by atoms with Crippen LogP contribution in [-0.2, 0) is 16.6 Å². The van der Waals surface area contributed by atoms with E-state index in [4.69, 9.17) is 17.0 Å². The summed E-state index contributed by atoms with van der Waals surface area (Å²) in [5.41, 5.74) is 1.85. The number of thiocarbonyl (C=S) groups is 1. The van der Waals surface area contributed by atoms with Crippen LogP contribution in [0.5, 0.6) is 11.5 Å². The van der Waals surface area contributed by atoms with E-state index >= 15 is 0 Å². The number of ether oxygens (including phenoxy) is 1. The highest BCUT2D eigenvalue weighted by Crippen LogP contribution is 2.65. The van der Waals surface area contributed by atoms with Gasteiger partial charge < -0.3 is 19.8 Å². The van der Waals surface area contributed by atoms with E-state index < -0.39 is 17.1 Å². The molecule has 8 heteroatoms. The molecule has 5 atom stereocenters. The van der Waals surface area contributed by atoms with Gasteiger partial charge in [0, 0.05) is 31.3 Å². The smallest absolute Gasteiger partial charge is 0.246 e. The zero-order valence-corrected chi connectivity index (χ0v) is 22.2. The first-order chi connectivity index (χ1) is 18.3. The molecule has 7 nitrogen and oxygen atoms in total. The summed E-state index contributed by atoms with van der Waals surface area (Å²) in [6, 6.07) is 10.7. The minimum Gasteiger partial charge on any atom is -0.504 e. The van der Waals surface area contributed by atoms with Crippen LogP contribution in [0.2, 0.25) is 0 Å². The summed E-state index contributed by atoms with van der Waals surface area (Å²) in [4.78, 5) is 21.5. The van der Waals surface area contributed by atoms with Crippen LogP contribution in [0.4, 0.5) is 5.69 Å². The molecule has 1 saturated carbocycles. The van der Waals surface area contributed by atoms with E-state index in [1.807, 2.05) is 36.4 Å². The van der Waals surface area contributed by atoms with Crippen molar-refractivity contribution in [2.75, 3.05) is 20.1 Å². The molecule has 0 unspecified atom stereocenters. The number of aliphatic hydroxyl groups is 1. The van der Waals surface area contributed by atoms with Gasteiger partial charge in [-0.25, -0.2) is 0 Å². The number of aliphatic imine (C=N–C) groups is 1. The van der Waals surface area contributed by atoms with Crippen LogP contribution in [0.15, 0.2) is 60.1 Å². The minimum absolute atomic E-state index is 0.0764. The number of phenols is 1. The Hall–Kier alpha value is -3.29. The summed E-state index contributed by atoms with van der Waals surface area (Å²) in [5.74, 6) is 0.412. The molecule has 2 aromatic carbocycles. The molecule has 38 heavy (non-hydrogen) atoms. The van der Waals surface area contributed by atoms with E-state index in [0.29, 0.717) is 43.7 Å². The van der Waals surface area contributed by atoms with Crippen molar-refractivity contribution in [3.8, 4) is 11.5 Å². The molecule has 2 aliphatic carbocycles. The number of hydrogen-bond donors (Lipinski definition) is 2. The van der Waals surface area contributed by atoms with Crippen molar-refractivity contribution in [3.05, 3.63) is 71.8 Å². The Bertz CT molecular complexity index is 1400. The molecule has 0 radical (unpaired) electrons. The maximum absolute atomic E-state index is 13.4. The number of rotatable bonds is 6. The number of isothiocyanates is 1. The van der Waals surface area contributed by atoms with Gasteiger partial charge in [0.25, 0.3) is 0 Å². The maximum atomic E-state index is 13.4. The first kappa shape index (κ1) is 25.0. The fourth-order valence-electron chi connectivity index (χ4n) is 7.58. The number of carbonyl (C=O) groups excluding carboxylic acids is 1. The molecule has 1 saturated heterocycles. The van der Waals surface area contributed by atoms with Crippen molar-refractivity contribution >= 4 is 35.0 Å². The molecule has 0 aromatic heterocycles. The molecular formula is C30H31N3O4S. The second-order valence-corrected chi connectivity index (χ2v) is 11.0. The lowest BCUT2D eigenvalue weighted by Crippen LogP contribution is -2.78. The SMILES string of the molecule is C=CCN1CC[C@]23c4c5ccc(O)c4O[C@H]2[C@H](N(C)C(=O)C=Cc2cccc(N=C=S)c2)CC[C@@]3(O)[C@H]1C5. The number of nitrogens with zero attached hydrogens (tertiary/aromatic N) is 3. The van der Waals surface area contributed by atoms with Gasteiger partial charge >= 0.3 is 0 Å². The lowest BCUT2D eigenvalue weighted by atomic mass is 9.48. The van der Waals surface area contributed by atoms with Gasteiger partial charge in [0.15, 0.2) is 11.5 Å². The Morgan fingerprint density at radius 3 is 3.00 bits per heavy atom. The molecule has 2 fully saturated rings. The Morgan fingerprint density at radius 1 is 1.37 bits per heavy atom. The van der Waals surface area contributed by atoms with Crippen LogP contribution in [0.25, 0.3) is 6.08 Å². The highest BCUT2D eigenvalue weighted by molar-refractivity contribution is 7.78. The summed E-state index contributed by atoms with van der Waals surface area (Å²) in [7, 11) is 1.80. The molecule has 2 aromatic rings. The summed E-state index contributed by atoms with van der Waals surface area (Å²) in [5, 5.41) is 25.6. The largest absolute Gasteiger partial charge is 0.504 e. The number of likely N-dealkylation sites (tertiary alicyclic amines) is 1. The highest BCUT2D eigenvalue weighted by atomic mass is 32.1. The molecule has 6 rings (SSSR count). The number of aromatic hydroxyl groups is 1. The molecule has 1 spiro atoms. The molecule has 2 aliphatic heterocycles. The number of hydrogen-bond acceptors (Lipinski definition) is 7. The predicted octanol–water partition coefficient (Wildman–Crippen LogP) is 4.01. The van der Waals surface area contributed by atoms with Crippen molar-refractivity contribution in [2.24, 2.45) is 4.99 Å².